The van der Waals surface area contributed by atoms with Gasteiger partial charge in [0.2, 0.25) is 11.3 Å². The molecule has 2 heterocycles. The van der Waals surface area contributed by atoms with Crippen molar-refractivity contribution in [2.75, 3.05) is 31.1 Å². The van der Waals surface area contributed by atoms with Gasteiger partial charge in [0.1, 0.15) is 0 Å². The zero-order chi connectivity index (χ0) is 15.0. The molecular formula is C16H18N2O2S. The van der Waals surface area contributed by atoms with Gasteiger partial charge in [-0.15, -0.1) is 11.3 Å². The number of fused-ring (bicyclic) bond motifs is 1. The number of amides is 1. The molecule has 1 aromatic carbocycles. The second-order valence-corrected chi connectivity index (χ2v) is 6.35. The van der Waals surface area contributed by atoms with E-state index in [4.69, 9.17) is 0 Å². The van der Waals surface area contributed by atoms with Gasteiger partial charge in [0.25, 0.3) is 0 Å². The first-order valence-corrected chi connectivity index (χ1v) is 7.97. The second-order valence-electron chi connectivity index (χ2n) is 5.44. The number of hydrogen-bond acceptors (Lipinski definition) is 4. The maximum atomic E-state index is 12.7. The Hall–Kier alpha value is -1.88. The van der Waals surface area contributed by atoms with Crippen LogP contribution in [0.15, 0.2) is 28.4 Å². The van der Waals surface area contributed by atoms with Crippen LogP contribution in [-0.2, 0) is 4.79 Å². The van der Waals surface area contributed by atoms with Crippen molar-refractivity contribution < 1.29 is 4.79 Å². The first-order chi connectivity index (χ1) is 10.1. The van der Waals surface area contributed by atoms with Crippen LogP contribution in [0.25, 0.3) is 10.1 Å². The number of aryl methyl sites for hydroxylation is 1. The molecule has 3 rings (SSSR count). The van der Waals surface area contributed by atoms with Crippen LogP contribution in [0.5, 0.6) is 0 Å². The van der Waals surface area contributed by atoms with E-state index in [1.807, 2.05) is 35.4 Å². The molecule has 0 atom stereocenters. The van der Waals surface area contributed by atoms with Crippen molar-refractivity contribution in [1.82, 2.24) is 4.90 Å². The molecule has 5 heteroatoms. The average Bonchev–Trinajstić information content (AvgIpc) is 2.48. The van der Waals surface area contributed by atoms with E-state index in [1.54, 1.807) is 18.3 Å². The minimum atomic E-state index is 0.101. The van der Waals surface area contributed by atoms with Gasteiger partial charge in [-0.1, -0.05) is 11.6 Å². The summed E-state index contributed by atoms with van der Waals surface area (Å²) in [6.45, 7) is 6.41. The Kier molecular flexibility index (Phi) is 3.68. The van der Waals surface area contributed by atoms with Crippen LogP contribution >= 0.6 is 11.3 Å². The molecule has 1 aliphatic rings. The summed E-state index contributed by atoms with van der Waals surface area (Å²) in [5.41, 5.74) is 1.97. The maximum absolute atomic E-state index is 12.7. The number of carbonyl (C=O) groups is 1. The Balaban J connectivity index is 1.93. The number of benzene rings is 1. The van der Waals surface area contributed by atoms with Gasteiger partial charge in [-0.3, -0.25) is 9.59 Å². The van der Waals surface area contributed by atoms with Gasteiger partial charge >= 0.3 is 0 Å². The van der Waals surface area contributed by atoms with E-state index < -0.39 is 0 Å². The van der Waals surface area contributed by atoms with Gasteiger partial charge in [-0.05, 0) is 19.1 Å². The van der Waals surface area contributed by atoms with E-state index in [9.17, 15) is 9.59 Å². The van der Waals surface area contributed by atoms with E-state index in [0.717, 1.165) is 34.4 Å². The summed E-state index contributed by atoms with van der Waals surface area (Å²) in [5, 5.41) is 2.75. The third kappa shape index (κ3) is 2.65. The first kappa shape index (κ1) is 14.1. The van der Waals surface area contributed by atoms with Crippen LogP contribution in [-0.4, -0.2) is 37.0 Å². The van der Waals surface area contributed by atoms with Gasteiger partial charge in [0.05, 0.1) is 5.69 Å². The molecule has 1 saturated heterocycles. The number of piperazine rings is 1. The highest BCUT2D eigenvalue weighted by atomic mass is 32.1. The lowest BCUT2D eigenvalue weighted by Crippen LogP contribution is -2.49. The molecule has 0 aliphatic carbocycles. The Morgan fingerprint density at radius 2 is 1.90 bits per heavy atom. The van der Waals surface area contributed by atoms with Gasteiger partial charge in [0, 0.05) is 48.6 Å². The lowest BCUT2D eigenvalue weighted by Gasteiger charge is -2.35. The minimum Gasteiger partial charge on any atom is -0.364 e. The number of rotatable bonds is 1. The normalized spacial score (nSPS) is 15.5. The molecule has 1 aliphatic heterocycles. The highest BCUT2D eigenvalue weighted by molar-refractivity contribution is 7.16. The highest BCUT2D eigenvalue weighted by Crippen LogP contribution is 2.23. The number of hydrogen-bond donors (Lipinski definition) is 0. The fraction of sp³-hybridized carbons (Fsp3) is 0.375. The molecule has 1 amide bonds. The van der Waals surface area contributed by atoms with Crippen molar-refractivity contribution in [2.24, 2.45) is 0 Å². The van der Waals surface area contributed by atoms with Gasteiger partial charge < -0.3 is 9.80 Å². The maximum Gasteiger partial charge on any atom is 0.219 e. The van der Waals surface area contributed by atoms with E-state index in [0.29, 0.717) is 13.1 Å². The first-order valence-electron chi connectivity index (χ1n) is 7.09. The van der Waals surface area contributed by atoms with Crippen LogP contribution in [0, 0.1) is 6.92 Å². The molecule has 110 valence electrons. The van der Waals surface area contributed by atoms with Crippen molar-refractivity contribution in [3.05, 3.63) is 39.4 Å². The summed E-state index contributed by atoms with van der Waals surface area (Å²) in [6.07, 6.45) is 0. The molecule has 0 bridgehead atoms. The zero-order valence-electron chi connectivity index (χ0n) is 12.3. The lowest BCUT2D eigenvalue weighted by molar-refractivity contribution is -0.129. The predicted molar refractivity (Wildman–Crippen MR) is 87.3 cm³/mol. The van der Waals surface area contributed by atoms with E-state index in [2.05, 4.69) is 4.90 Å². The van der Waals surface area contributed by atoms with Crippen LogP contribution in [0.3, 0.4) is 0 Å². The van der Waals surface area contributed by atoms with E-state index in [1.165, 1.54) is 0 Å². The summed E-state index contributed by atoms with van der Waals surface area (Å²) in [7, 11) is 0. The van der Waals surface area contributed by atoms with Gasteiger partial charge in [-0.2, -0.15) is 0 Å². The molecule has 0 spiro atoms. The quantitative estimate of drug-likeness (QED) is 0.811. The lowest BCUT2D eigenvalue weighted by atomic mass is 10.1. The highest BCUT2D eigenvalue weighted by Gasteiger charge is 2.21. The van der Waals surface area contributed by atoms with Crippen molar-refractivity contribution in [3.8, 4) is 0 Å². The predicted octanol–water partition coefficient (Wildman–Crippen LogP) is 2.24. The topological polar surface area (TPSA) is 40.6 Å². The third-order valence-electron chi connectivity index (χ3n) is 3.98. The van der Waals surface area contributed by atoms with Crippen molar-refractivity contribution in [2.45, 2.75) is 13.8 Å². The molecule has 21 heavy (non-hydrogen) atoms. The summed E-state index contributed by atoms with van der Waals surface area (Å²) in [5.74, 6) is 0.106. The number of nitrogens with zero attached hydrogens (tertiary/aromatic N) is 2. The molecule has 1 aromatic heterocycles. The van der Waals surface area contributed by atoms with Crippen molar-refractivity contribution in [3.63, 3.8) is 0 Å². The average molecular weight is 302 g/mol. The fourth-order valence-corrected chi connectivity index (χ4v) is 3.64. The number of anilines is 1. The Labute approximate surface area is 127 Å². The molecule has 1 fully saturated rings. The largest absolute Gasteiger partial charge is 0.364 e. The van der Waals surface area contributed by atoms with Crippen LogP contribution in [0.4, 0.5) is 5.69 Å². The fourth-order valence-electron chi connectivity index (χ4n) is 2.72. The molecular weight excluding hydrogens is 284 g/mol. The van der Waals surface area contributed by atoms with Crippen LogP contribution in [0.1, 0.15) is 12.5 Å². The van der Waals surface area contributed by atoms with E-state index in [-0.39, 0.29) is 11.3 Å². The van der Waals surface area contributed by atoms with Gasteiger partial charge in [-0.25, -0.2) is 0 Å². The van der Waals surface area contributed by atoms with Gasteiger partial charge in [0.15, 0.2) is 0 Å². The Morgan fingerprint density at radius 1 is 1.19 bits per heavy atom. The van der Waals surface area contributed by atoms with Crippen molar-refractivity contribution >= 4 is 33.0 Å². The molecule has 0 saturated carbocycles. The molecule has 0 N–H and O–H groups in total. The minimum absolute atomic E-state index is 0.101. The smallest absolute Gasteiger partial charge is 0.219 e. The number of carbonyl (C=O) groups excluding carboxylic acids is 1. The van der Waals surface area contributed by atoms with Crippen LogP contribution < -0.4 is 10.3 Å². The SMILES string of the molecule is CC(=O)N1CCN(c2csc3ccc(C)cc3c2=O)CC1. The molecule has 0 radical (unpaired) electrons. The summed E-state index contributed by atoms with van der Waals surface area (Å²) >= 11 is 1.60. The second kappa shape index (κ2) is 5.48. The summed E-state index contributed by atoms with van der Waals surface area (Å²) in [4.78, 5) is 28.0. The zero-order valence-corrected chi connectivity index (χ0v) is 13.1. The summed E-state index contributed by atoms with van der Waals surface area (Å²) < 4.78 is 1.02. The Morgan fingerprint density at radius 3 is 2.57 bits per heavy atom. The third-order valence-corrected chi connectivity index (χ3v) is 4.93. The van der Waals surface area contributed by atoms with E-state index >= 15 is 0 Å². The molecule has 0 unspecified atom stereocenters. The van der Waals surface area contributed by atoms with Crippen LogP contribution in [0.2, 0.25) is 0 Å². The Bertz CT molecular complexity index is 746. The molecule has 4 nitrogen and oxygen atoms in total. The van der Waals surface area contributed by atoms with Crippen molar-refractivity contribution in [1.29, 1.82) is 0 Å². The standard InChI is InChI=1S/C16H18N2O2S/c1-11-3-4-15-13(9-11)16(20)14(10-21-15)18-7-5-17(6-8-18)12(2)19/h3-4,9-10H,5-8H2,1-2H3. The summed E-state index contributed by atoms with van der Waals surface area (Å²) in [6, 6.07) is 6.00. The monoisotopic (exact) mass is 302 g/mol. The molecule has 2 aromatic rings.